The third-order valence-electron chi connectivity index (χ3n) is 4.29. The number of nitrogens with one attached hydrogen (secondary N) is 2. The van der Waals surface area contributed by atoms with Gasteiger partial charge in [0.1, 0.15) is 19.2 Å². The van der Waals surface area contributed by atoms with Gasteiger partial charge in [0.15, 0.2) is 6.54 Å². The topological polar surface area (TPSA) is 42.8 Å². The van der Waals surface area contributed by atoms with Gasteiger partial charge in [-0.3, -0.25) is 4.79 Å². The molecule has 1 unspecified atom stereocenters. The highest BCUT2D eigenvalue weighted by molar-refractivity contribution is 7.09. The van der Waals surface area contributed by atoms with Crippen LogP contribution in [0.2, 0.25) is 0 Å². The largest absolute Gasteiger partial charge is 0.372 e. The number of carbonyl (C=O) groups is 1. The van der Waals surface area contributed by atoms with Crippen LogP contribution in [0.3, 0.4) is 0 Å². The quantitative estimate of drug-likeness (QED) is 0.764. The van der Waals surface area contributed by atoms with Crippen LogP contribution in [-0.4, -0.2) is 31.7 Å². The van der Waals surface area contributed by atoms with Crippen LogP contribution in [0, 0.1) is 0 Å². The summed E-state index contributed by atoms with van der Waals surface area (Å²) < 4.78 is 5.76. The first-order valence-electron chi connectivity index (χ1n) is 8.58. The highest BCUT2D eigenvalue weighted by Gasteiger charge is 2.24. The predicted octanol–water partition coefficient (Wildman–Crippen LogP) is 1.63. The lowest BCUT2D eigenvalue weighted by atomic mass is 10.2. The molecule has 1 aromatic carbocycles. The van der Waals surface area contributed by atoms with Gasteiger partial charge in [-0.2, -0.15) is 0 Å². The number of benzene rings is 1. The molecule has 1 fully saturated rings. The lowest BCUT2D eigenvalue weighted by Crippen LogP contribution is -3.13. The molecule has 0 radical (unpaired) electrons. The van der Waals surface area contributed by atoms with E-state index in [1.165, 1.54) is 9.78 Å². The van der Waals surface area contributed by atoms with Crippen LogP contribution < -0.4 is 10.2 Å². The number of quaternary nitrogens is 1. The Morgan fingerprint density at radius 2 is 2.12 bits per heavy atom. The minimum Gasteiger partial charge on any atom is -0.372 e. The van der Waals surface area contributed by atoms with E-state index in [4.69, 9.17) is 4.74 Å². The van der Waals surface area contributed by atoms with Crippen molar-refractivity contribution in [3.05, 3.63) is 58.3 Å². The third kappa shape index (κ3) is 5.44. The molecule has 0 aliphatic carbocycles. The van der Waals surface area contributed by atoms with Crippen LogP contribution >= 0.6 is 11.3 Å². The lowest BCUT2D eigenvalue weighted by molar-refractivity contribution is -0.908. The van der Waals surface area contributed by atoms with Gasteiger partial charge in [0.05, 0.1) is 4.88 Å². The van der Waals surface area contributed by atoms with E-state index in [0.717, 1.165) is 38.1 Å². The monoisotopic (exact) mass is 345 g/mol. The van der Waals surface area contributed by atoms with Crippen molar-refractivity contribution in [2.24, 2.45) is 0 Å². The highest BCUT2D eigenvalue weighted by Crippen LogP contribution is 2.10. The molecule has 2 N–H and O–H groups in total. The SMILES string of the molecule is O=C(C[NH+](Cc1cccs1)C[C@H]1CCCO1)NCc1ccccc1. The van der Waals surface area contributed by atoms with E-state index >= 15 is 0 Å². The Kier molecular flexibility index (Phi) is 6.41. The second-order valence-corrected chi connectivity index (χ2v) is 7.32. The minimum absolute atomic E-state index is 0.100. The van der Waals surface area contributed by atoms with Crippen molar-refractivity contribution < 1.29 is 14.4 Å². The van der Waals surface area contributed by atoms with Crippen LogP contribution in [0.4, 0.5) is 0 Å². The van der Waals surface area contributed by atoms with E-state index in [9.17, 15) is 4.79 Å². The third-order valence-corrected chi connectivity index (χ3v) is 5.16. The van der Waals surface area contributed by atoms with E-state index < -0.39 is 0 Å². The number of amides is 1. The fourth-order valence-electron chi connectivity index (χ4n) is 3.08. The molecular formula is C19H25N2O2S+. The molecule has 5 heteroatoms. The molecule has 0 spiro atoms. The first-order chi connectivity index (χ1) is 11.8. The summed E-state index contributed by atoms with van der Waals surface area (Å²) in [5.74, 6) is 0.100. The van der Waals surface area contributed by atoms with Gasteiger partial charge in [-0.25, -0.2) is 0 Å². The fraction of sp³-hybridized carbons (Fsp3) is 0.421. The number of carbonyl (C=O) groups excluding carboxylic acids is 1. The van der Waals surface area contributed by atoms with Gasteiger partial charge in [-0.15, -0.1) is 11.3 Å². The standard InChI is InChI=1S/C19H24N2O2S/c22-19(20-12-16-6-2-1-3-7-16)15-21(13-17-8-4-10-23-17)14-18-9-5-11-24-18/h1-3,5-7,9,11,17H,4,8,10,12-15H2,(H,20,22)/p+1/t17-/m1/s1. The maximum Gasteiger partial charge on any atom is 0.275 e. The summed E-state index contributed by atoms with van der Waals surface area (Å²) in [5.41, 5.74) is 1.13. The van der Waals surface area contributed by atoms with Crippen LogP contribution in [0.5, 0.6) is 0 Å². The Balaban J connectivity index is 1.52. The van der Waals surface area contributed by atoms with E-state index in [1.54, 1.807) is 11.3 Å². The second kappa shape index (κ2) is 8.97. The van der Waals surface area contributed by atoms with Gasteiger partial charge in [-0.1, -0.05) is 36.4 Å². The van der Waals surface area contributed by atoms with Crippen molar-refractivity contribution in [2.45, 2.75) is 32.0 Å². The first-order valence-corrected chi connectivity index (χ1v) is 9.46. The number of hydrogen-bond acceptors (Lipinski definition) is 3. The molecular weight excluding hydrogens is 320 g/mol. The zero-order chi connectivity index (χ0) is 16.6. The van der Waals surface area contributed by atoms with Gasteiger partial charge >= 0.3 is 0 Å². The van der Waals surface area contributed by atoms with Gasteiger partial charge < -0.3 is 15.0 Å². The van der Waals surface area contributed by atoms with Crippen molar-refractivity contribution in [3.8, 4) is 0 Å². The second-order valence-electron chi connectivity index (χ2n) is 6.28. The number of rotatable bonds is 8. The van der Waals surface area contributed by atoms with E-state index in [-0.39, 0.29) is 5.91 Å². The Hall–Kier alpha value is -1.69. The molecule has 2 atom stereocenters. The number of thiophene rings is 1. The summed E-state index contributed by atoms with van der Waals surface area (Å²) in [4.78, 5) is 15.0. The average Bonchev–Trinajstić information content (AvgIpc) is 3.28. The average molecular weight is 345 g/mol. The van der Waals surface area contributed by atoms with Crippen LogP contribution in [0.15, 0.2) is 47.8 Å². The Bertz CT molecular complexity index is 610. The maximum absolute atomic E-state index is 12.4. The van der Waals surface area contributed by atoms with Crippen molar-refractivity contribution >= 4 is 17.2 Å². The van der Waals surface area contributed by atoms with Crippen molar-refractivity contribution in [3.63, 3.8) is 0 Å². The molecule has 1 aliphatic rings. The van der Waals surface area contributed by atoms with Gasteiger partial charge in [0.25, 0.3) is 5.91 Å². The normalized spacial score (nSPS) is 18.4. The van der Waals surface area contributed by atoms with E-state index in [2.05, 4.69) is 22.8 Å². The molecule has 128 valence electrons. The first kappa shape index (κ1) is 17.1. The molecule has 1 amide bonds. The Morgan fingerprint density at radius 1 is 1.25 bits per heavy atom. The summed E-state index contributed by atoms with van der Waals surface area (Å²) in [6.45, 7) is 3.72. The molecule has 2 aromatic rings. The molecule has 2 heterocycles. The predicted molar refractivity (Wildman–Crippen MR) is 96.0 cm³/mol. The summed E-state index contributed by atoms with van der Waals surface area (Å²) in [6, 6.07) is 14.2. The molecule has 1 aromatic heterocycles. The van der Waals surface area contributed by atoms with Gasteiger partial charge in [0.2, 0.25) is 0 Å². The zero-order valence-corrected chi connectivity index (χ0v) is 14.7. The van der Waals surface area contributed by atoms with Crippen molar-refractivity contribution in [1.82, 2.24) is 5.32 Å². The van der Waals surface area contributed by atoms with Crippen LogP contribution in [0.25, 0.3) is 0 Å². The molecule has 24 heavy (non-hydrogen) atoms. The molecule has 1 saturated heterocycles. The molecule has 4 nitrogen and oxygen atoms in total. The van der Waals surface area contributed by atoms with E-state index in [1.807, 2.05) is 30.3 Å². The summed E-state index contributed by atoms with van der Waals surface area (Å²) in [7, 11) is 0. The summed E-state index contributed by atoms with van der Waals surface area (Å²) in [6.07, 6.45) is 2.54. The van der Waals surface area contributed by atoms with Crippen molar-refractivity contribution in [1.29, 1.82) is 0 Å². The molecule has 3 rings (SSSR count). The highest BCUT2D eigenvalue weighted by atomic mass is 32.1. The van der Waals surface area contributed by atoms with Crippen LogP contribution in [0.1, 0.15) is 23.3 Å². The van der Waals surface area contributed by atoms with Gasteiger partial charge in [-0.05, 0) is 29.9 Å². The lowest BCUT2D eigenvalue weighted by Gasteiger charge is -2.21. The Labute approximate surface area is 147 Å². The Morgan fingerprint density at radius 3 is 2.83 bits per heavy atom. The molecule has 0 saturated carbocycles. The van der Waals surface area contributed by atoms with E-state index in [0.29, 0.717) is 19.2 Å². The fourth-order valence-corrected chi connectivity index (χ4v) is 3.86. The smallest absolute Gasteiger partial charge is 0.275 e. The van der Waals surface area contributed by atoms with Crippen LogP contribution in [-0.2, 0) is 22.6 Å². The molecule has 1 aliphatic heterocycles. The number of hydrogen-bond donors (Lipinski definition) is 2. The summed E-state index contributed by atoms with van der Waals surface area (Å²) >= 11 is 1.75. The minimum atomic E-state index is 0.100. The zero-order valence-electron chi connectivity index (χ0n) is 13.9. The number of ether oxygens (including phenoxy) is 1. The molecule has 0 bridgehead atoms. The van der Waals surface area contributed by atoms with Gasteiger partial charge in [0, 0.05) is 13.2 Å². The summed E-state index contributed by atoms with van der Waals surface area (Å²) in [5, 5.41) is 5.13. The maximum atomic E-state index is 12.4. The van der Waals surface area contributed by atoms with Crippen molar-refractivity contribution in [2.75, 3.05) is 19.7 Å².